The summed E-state index contributed by atoms with van der Waals surface area (Å²) < 4.78 is 0. The van der Waals surface area contributed by atoms with Crippen LogP contribution in [-0.2, 0) is 4.79 Å². The van der Waals surface area contributed by atoms with Gasteiger partial charge in [-0.25, -0.2) is 0 Å². The molecule has 0 aromatic carbocycles. The van der Waals surface area contributed by atoms with E-state index in [0.29, 0.717) is 18.4 Å². The molecule has 2 aliphatic rings. The molecule has 0 aliphatic heterocycles. The van der Waals surface area contributed by atoms with Crippen molar-refractivity contribution in [1.29, 1.82) is 0 Å². The van der Waals surface area contributed by atoms with Crippen molar-refractivity contribution in [3.63, 3.8) is 0 Å². The van der Waals surface area contributed by atoms with E-state index in [0.717, 1.165) is 25.4 Å². The summed E-state index contributed by atoms with van der Waals surface area (Å²) >= 11 is 0. The molecule has 0 spiro atoms. The van der Waals surface area contributed by atoms with E-state index in [9.17, 15) is 4.79 Å². The maximum Gasteiger partial charge on any atom is 0.220 e. The van der Waals surface area contributed by atoms with Crippen LogP contribution in [0.15, 0.2) is 0 Å². The highest BCUT2D eigenvalue weighted by Crippen LogP contribution is 2.27. The molecule has 2 saturated carbocycles. The summed E-state index contributed by atoms with van der Waals surface area (Å²) in [5, 5.41) is 3.06. The first-order valence-corrected chi connectivity index (χ1v) is 7.32. The summed E-state index contributed by atoms with van der Waals surface area (Å²) in [5.74, 6) is 0.579. The van der Waals surface area contributed by atoms with Crippen molar-refractivity contribution in [2.24, 2.45) is 11.7 Å². The van der Waals surface area contributed by atoms with Crippen LogP contribution < -0.4 is 11.1 Å². The van der Waals surface area contributed by atoms with E-state index in [1.54, 1.807) is 0 Å². The molecule has 20 heavy (non-hydrogen) atoms. The van der Waals surface area contributed by atoms with E-state index in [4.69, 9.17) is 5.73 Å². The van der Waals surface area contributed by atoms with Crippen molar-refractivity contribution in [3.8, 4) is 0 Å². The lowest BCUT2D eigenvalue weighted by molar-refractivity contribution is -0.122. The largest absolute Gasteiger partial charge is 0.355 e. The number of rotatable bonds is 6. The topological polar surface area (TPSA) is 58.4 Å². The lowest BCUT2D eigenvalue weighted by Crippen LogP contribution is -2.42. The lowest BCUT2D eigenvalue weighted by atomic mass is 10.00. The lowest BCUT2D eigenvalue weighted by Gasteiger charge is -2.25. The predicted octanol–water partition coefficient (Wildman–Crippen LogP) is 1.95. The van der Waals surface area contributed by atoms with Crippen molar-refractivity contribution in [2.45, 2.75) is 63.6 Å². The molecule has 0 bridgehead atoms. The van der Waals surface area contributed by atoms with Gasteiger partial charge in [-0.15, -0.1) is 24.8 Å². The highest BCUT2D eigenvalue weighted by molar-refractivity contribution is 5.85. The summed E-state index contributed by atoms with van der Waals surface area (Å²) in [5.41, 5.74) is 5.99. The summed E-state index contributed by atoms with van der Waals surface area (Å²) in [7, 11) is 2.15. The third kappa shape index (κ3) is 5.76. The van der Waals surface area contributed by atoms with Gasteiger partial charge in [0.15, 0.2) is 0 Å². The second kappa shape index (κ2) is 9.08. The van der Waals surface area contributed by atoms with Gasteiger partial charge in [-0.2, -0.15) is 0 Å². The number of likely N-dealkylation sites (N-methyl/N-ethyl adjacent to an activating group) is 1. The van der Waals surface area contributed by atoms with Crippen LogP contribution in [0.5, 0.6) is 0 Å². The smallest absolute Gasteiger partial charge is 0.220 e. The molecule has 2 fully saturated rings. The number of halogens is 2. The number of carbonyl (C=O) groups excluding carboxylic acids is 1. The highest BCUT2D eigenvalue weighted by Gasteiger charge is 2.29. The minimum Gasteiger partial charge on any atom is -0.355 e. The average Bonchev–Trinajstić information content (AvgIpc) is 3.12. The predicted molar refractivity (Wildman–Crippen MR) is 87.7 cm³/mol. The zero-order valence-electron chi connectivity index (χ0n) is 12.5. The second-order valence-electron chi connectivity index (χ2n) is 6.11. The third-order valence-electron chi connectivity index (χ3n) is 4.58. The van der Waals surface area contributed by atoms with Crippen molar-refractivity contribution in [1.82, 2.24) is 10.2 Å². The van der Waals surface area contributed by atoms with Crippen LogP contribution in [0.3, 0.4) is 0 Å². The Labute approximate surface area is 135 Å². The van der Waals surface area contributed by atoms with Crippen LogP contribution in [0.1, 0.15) is 45.4 Å². The number of nitrogens with one attached hydrogen (secondary N) is 1. The molecule has 2 rings (SSSR count). The fourth-order valence-corrected chi connectivity index (χ4v) is 2.88. The molecule has 3 N–H and O–H groups in total. The molecular formula is C14H29Cl2N3O. The fraction of sp³-hybridized carbons (Fsp3) is 0.929. The number of nitrogens with zero attached hydrogens (tertiary/aromatic N) is 1. The zero-order chi connectivity index (χ0) is 13.1. The zero-order valence-corrected chi connectivity index (χ0v) is 14.1. The fourth-order valence-electron chi connectivity index (χ4n) is 2.88. The molecule has 0 saturated heterocycles. The maximum absolute atomic E-state index is 11.9. The summed E-state index contributed by atoms with van der Waals surface area (Å²) in [4.78, 5) is 14.2. The molecule has 6 heteroatoms. The molecule has 3 atom stereocenters. The van der Waals surface area contributed by atoms with Crippen LogP contribution in [0, 0.1) is 5.92 Å². The van der Waals surface area contributed by atoms with E-state index in [1.807, 2.05) is 0 Å². The first kappa shape index (κ1) is 20.0. The Morgan fingerprint density at radius 3 is 2.45 bits per heavy atom. The Bertz CT molecular complexity index is 300. The summed E-state index contributed by atoms with van der Waals surface area (Å²) in [6.07, 6.45) is 6.61. The van der Waals surface area contributed by atoms with Gasteiger partial charge in [0.25, 0.3) is 0 Å². The standard InChI is InChI=1S/C14H27N3O.2ClH/c1-10(17(2)12-6-7-12)9-16-14(18)8-11-4-3-5-13(11)15;;/h10-13H,3-9,15H2,1-2H3,(H,16,18);2*1H/t10?,11-,13+;;/m0../s1. The molecule has 120 valence electrons. The molecule has 4 nitrogen and oxygen atoms in total. The summed E-state index contributed by atoms with van der Waals surface area (Å²) in [6, 6.07) is 1.42. The number of nitrogens with two attached hydrogens (primary N) is 1. The van der Waals surface area contributed by atoms with Crippen molar-refractivity contribution >= 4 is 30.7 Å². The first-order valence-electron chi connectivity index (χ1n) is 7.32. The molecule has 0 radical (unpaired) electrons. The number of amides is 1. The number of hydrogen-bond donors (Lipinski definition) is 2. The Morgan fingerprint density at radius 1 is 1.30 bits per heavy atom. The van der Waals surface area contributed by atoms with Crippen LogP contribution in [0.25, 0.3) is 0 Å². The SMILES string of the molecule is CC(CNC(=O)C[C@@H]1CCC[C@H]1N)N(C)C1CC1.Cl.Cl. The van der Waals surface area contributed by atoms with Crippen LogP contribution >= 0.6 is 24.8 Å². The Morgan fingerprint density at radius 2 is 1.95 bits per heavy atom. The molecule has 0 heterocycles. The van der Waals surface area contributed by atoms with E-state index in [2.05, 4.69) is 24.2 Å². The van der Waals surface area contributed by atoms with Gasteiger partial charge >= 0.3 is 0 Å². The molecule has 2 aliphatic carbocycles. The number of carbonyl (C=O) groups is 1. The van der Waals surface area contributed by atoms with Crippen LogP contribution in [-0.4, -0.2) is 42.5 Å². The quantitative estimate of drug-likeness (QED) is 0.784. The maximum atomic E-state index is 11.9. The molecule has 1 amide bonds. The Balaban J connectivity index is 0.00000180. The van der Waals surface area contributed by atoms with Gasteiger partial charge < -0.3 is 11.1 Å². The summed E-state index contributed by atoms with van der Waals surface area (Å²) in [6.45, 7) is 2.94. The molecular weight excluding hydrogens is 297 g/mol. The Hall–Kier alpha value is -0.0300. The third-order valence-corrected chi connectivity index (χ3v) is 4.58. The van der Waals surface area contributed by atoms with E-state index in [1.165, 1.54) is 19.3 Å². The monoisotopic (exact) mass is 325 g/mol. The normalized spacial score (nSPS) is 26.6. The van der Waals surface area contributed by atoms with E-state index in [-0.39, 0.29) is 36.8 Å². The van der Waals surface area contributed by atoms with Crippen molar-refractivity contribution < 1.29 is 4.79 Å². The van der Waals surface area contributed by atoms with E-state index < -0.39 is 0 Å². The molecule has 1 unspecified atom stereocenters. The van der Waals surface area contributed by atoms with Gasteiger partial charge in [-0.05, 0) is 45.6 Å². The molecule has 0 aromatic rings. The van der Waals surface area contributed by atoms with Gasteiger partial charge in [0, 0.05) is 31.1 Å². The van der Waals surface area contributed by atoms with Crippen molar-refractivity contribution in [3.05, 3.63) is 0 Å². The van der Waals surface area contributed by atoms with Crippen molar-refractivity contribution in [2.75, 3.05) is 13.6 Å². The van der Waals surface area contributed by atoms with Gasteiger partial charge in [0.1, 0.15) is 0 Å². The highest BCUT2D eigenvalue weighted by atomic mass is 35.5. The van der Waals surface area contributed by atoms with Gasteiger partial charge in [0.05, 0.1) is 0 Å². The number of hydrogen-bond acceptors (Lipinski definition) is 3. The average molecular weight is 326 g/mol. The van der Waals surface area contributed by atoms with Gasteiger partial charge in [-0.3, -0.25) is 9.69 Å². The second-order valence-corrected chi connectivity index (χ2v) is 6.11. The first-order chi connectivity index (χ1) is 8.58. The van der Waals surface area contributed by atoms with Crippen LogP contribution in [0.2, 0.25) is 0 Å². The minimum atomic E-state index is 0. The minimum absolute atomic E-state index is 0. The van der Waals surface area contributed by atoms with Crippen LogP contribution in [0.4, 0.5) is 0 Å². The molecule has 0 aromatic heterocycles. The van der Waals surface area contributed by atoms with Gasteiger partial charge in [-0.1, -0.05) is 6.42 Å². The van der Waals surface area contributed by atoms with Gasteiger partial charge in [0.2, 0.25) is 5.91 Å². The Kier molecular flexibility index (Phi) is 9.07. The van der Waals surface area contributed by atoms with E-state index >= 15 is 0 Å².